The van der Waals surface area contributed by atoms with Gasteiger partial charge in [-0.1, -0.05) is 77.9 Å². The summed E-state index contributed by atoms with van der Waals surface area (Å²) in [5.74, 6) is 1.27. The minimum atomic E-state index is -0.0471. The fraction of sp³-hybridized carbons (Fsp3) is 0.267. The molecule has 34 heavy (non-hydrogen) atoms. The summed E-state index contributed by atoms with van der Waals surface area (Å²) in [5, 5.41) is 0. The van der Waals surface area contributed by atoms with E-state index in [0.717, 1.165) is 22.5 Å². The Kier molecular flexibility index (Phi) is 7.78. The molecule has 0 fully saturated rings. The molecular weight excluding hydrogens is 599 g/mol. The Morgan fingerprint density at radius 2 is 1.00 bits per heavy atom. The van der Waals surface area contributed by atoms with Crippen molar-refractivity contribution in [2.45, 2.75) is 52.4 Å². The predicted octanol–water partition coefficient (Wildman–Crippen LogP) is 7.80. The van der Waals surface area contributed by atoms with Crippen LogP contribution < -0.4 is 4.74 Å². The van der Waals surface area contributed by atoms with Crippen LogP contribution in [0.2, 0.25) is 0 Å². The summed E-state index contributed by atoms with van der Waals surface area (Å²) in [7, 11) is 0. The molecule has 0 amide bonds. The van der Waals surface area contributed by atoms with E-state index in [1.165, 1.54) is 11.1 Å². The van der Waals surface area contributed by atoms with Gasteiger partial charge in [-0.3, -0.25) is 0 Å². The van der Waals surface area contributed by atoms with Crippen LogP contribution in [0.15, 0.2) is 73.1 Å². The van der Waals surface area contributed by atoms with E-state index in [0.29, 0.717) is 11.5 Å². The molecule has 0 N–H and O–H groups in total. The minimum absolute atomic E-state index is 0. The zero-order valence-electron chi connectivity index (χ0n) is 20.5. The molecule has 0 radical (unpaired) electrons. The van der Waals surface area contributed by atoms with Gasteiger partial charge >= 0.3 is 21.1 Å². The average molecular weight is 630 g/mol. The Labute approximate surface area is 217 Å². The summed E-state index contributed by atoms with van der Waals surface area (Å²) in [4.78, 5) is 9.12. The maximum Gasteiger partial charge on any atom is 2.00 e. The Bertz CT molecular complexity index is 1140. The van der Waals surface area contributed by atoms with Crippen molar-refractivity contribution in [3.63, 3.8) is 0 Å². The Morgan fingerprint density at radius 3 is 1.32 bits per heavy atom. The van der Waals surface area contributed by atoms with Gasteiger partial charge in [-0.25, -0.2) is 0 Å². The van der Waals surface area contributed by atoms with Crippen LogP contribution in [0.4, 0.5) is 0 Å². The molecule has 176 valence electrons. The first-order chi connectivity index (χ1) is 15.6. The van der Waals surface area contributed by atoms with Gasteiger partial charge in [-0.2, -0.15) is 0 Å². The molecule has 0 aliphatic carbocycles. The number of rotatable bonds is 4. The number of benzene rings is 2. The second-order valence-electron chi connectivity index (χ2n) is 10.3. The fourth-order valence-electron chi connectivity index (χ4n) is 3.86. The zero-order valence-corrected chi connectivity index (χ0v) is 22.8. The van der Waals surface area contributed by atoms with Crippen molar-refractivity contribution in [2.24, 2.45) is 0 Å². The smallest absolute Gasteiger partial charge is 0.497 e. The average Bonchev–Trinajstić information content (AvgIpc) is 2.79. The molecule has 0 saturated carbocycles. The van der Waals surface area contributed by atoms with Gasteiger partial charge in [0, 0.05) is 23.9 Å². The van der Waals surface area contributed by atoms with E-state index in [2.05, 4.69) is 75.8 Å². The van der Waals surface area contributed by atoms with Gasteiger partial charge in [-0.15, -0.1) is 46.5 Å². The van der Waals surface area contributed by atoms with Crippen molar-refractivity contribution in [3.05, 3.63) is 96.3 Å². The van der Waals surface area contributed by atoms with Gasteiger partial charge in [0.1, 0.15) is 0 Å². The standard InChI is InChI=1S/C30H30N2O.Pt/c1-29(2,3)25-15-13-21(19-23(25)27-11-7-9-17-31-27)33-22-14-16-26(30(4,5)6)24(20-22)28-12-8-10-18-32-28;/h7-18H,1-6H3;/q-2;+2. The fourth-order valence-corrected chi connectivity index (χ4v) is 3.86. The molecule has 0 bridgehead atoms. The van der Waals surface area contributed by atoms with E-state index in [1.54, 1.807) is 12.4 Å². The maximum atomic E-state index is 6.27. The number of hydrogen-bond acceptors (Lipinski definition) is 3. The summed E-state index contributed by atoms with van der Waals surface area (Å²) >= 11 is 0. The molecule has 2 aromatic heterocycles. The number of hydrogen-bond donors (Lipinski definition) is 0. The topological polar surface area (TPSA) is 35.0 Å². The van der Waals surface area contributed by atoms with Crippen molar-refractivity contribution >= 4 is 0 Å². The first kappa shape index (κ1) is 25.8. The second kappa shape index (κ2) is 10.2. The summed E-state index contributed by atoms with van der Waals surface area (Å²) in [6.45, 7) is 13.2. The van der Waals surface area contributed by atoms with Crippen molar-refractivity contribution < 1.29 is 25.8 Å². The van der Waals surface area contributed by atoms with Crippen LogP contribution in [-0.4, -0.2) is 9.97 Å². The summed E-state index contributed by atoms with van der Waals surface area (Å²) in [6, 6.07) is 26.9. The van der Waals surface area contributed by atoms with Crippen LogP contribution in [0.3, 0.4) is 0 Å². The van der Waals surface area contributed by atoms with E-state index >= 15 is 0 Å². The molecule has 2 heterocycles. The Balaban J connectivity index is 0.00000324. The molecule has 0 saturated heterocycles. The van der Waals surface area contributed by atoms with E-state index in [-0.39, 0.29) is 31.9 Å². The Hall–Kier alpha value is -2.77. The third-order valence-corrected chi connectivity index (χ3v) is 5.52. The zero-order chi connectivity index (χ0) is 23.6. The molecule has 4 rings (SSSR count). The van der Waals surface area contributed by atoms with Crippen LogP contribution in [0, 0.1) is 12.1 Å². The van der Waals surface area contributed by atoms with Crippen molar-refractivity contribution in [3.8, 4) is 34.0 Å². The summed E-state index contributed by atoms with van der Waals surface area (Å²) < 4.78 is 6.27. The normalized spacial score (nSPS) is 11.6. The summed E-state index contributed by atoms with van der Waals surface area (Å²) in [6.07, 6.45) is 3.61. The van der Waals surface area contributed by atoms with Crippen LogP contribution >= 0.6 is 0 Å². The van der Waals surface area contributed by atoms with E-state index in [4.69, 9.17) is 4.74 Å². The third kappa shape index (κ3) is 5.83. The molecule has 3 nitrogen and oxygen atoms in total. The van der Waals surface area contributed by atoms with Crippen molar-refractivity contribution in [2.75, 3.05) is 0 Å². The molecule has 0 unspecified atom stereocenters. The number of nitrogens with zero attached hydrogens (tertiary/aromatic N) is 2. The molecule has 0 spiro atoms. The van der Waals surface area contributed by atoms with Crippen LogP contribution in [0.25, 0.3) is 22.5 Å². The van der Waals surface area contributed by atoms with Crippen LogP contribution in [0.1, 0.15) is 52.7 Å². The first-order valence-electron chi connectivity index (χ1n) is 11.3. The molecule has 2 aromatic carbocycles. The van der Waals surface area contributed by atoms with Gasteiger partial charge in [0.05, 0.1) is 0 Å². The molecule has 0 atom stereocenters. The van der Waals surface area contributed by atoms with Crippen LogP contribution in [0.5, 0.6) is 11.5 Å². The molecule has 0 aliphatic rings. The minimum Gasteiger partial charge on any atom is -0.497 e. The van der Waals surface area contributed by atoms with Crippen molar-refractivity contribution in [1.82, 2.24) is 9.97 Å². The Morgan fingerprint density at radius 1 is 0.588 bits per heavy atom. The number of pyridine rings is 2. The number of ether oxygens (including phenoxy) is 1. The van der Waals surface area contributed by atoms with E-state index in [9.17, 15) is 0 Å². The van der Waals surface area contributed by atoms with Crippen LogP contribution in [-0.2, 0) is 31.9 Å². The largest absolute Gasteiger partial charge is 2.00 e. The third-order valence-electron chi connectivity index (χ3n) is 5.52. The van der Waals surface area contributed by atoms with Gasteiger partial charge < -0.3 is 14.7 Å². The van der Waals surface area contributed by atoms with Gasteiger partial charge in [0.25, 0.3) is 0 Å². The monoisotopic (exact) mass is 629 g/mol. The SMILES string of the molecule is CC(C)(C)c1ccc(Oc2[c-]c(-c3ccccn3)c(C(C)(C)C)cc2)[c-]c1-c1ccccn1.[Pt+2]. The van der Waals surface area contributed by atoms with Gasteiger partial charge in [0.15, 0.2) is 0 Å². The van der Waals surface area contributed by atoms with Gasteiger partial charge in [-0.05, 0) is 34.4 Å². The number of aromatic nitrogens is 2. The second-order valence-corrected chi connectivity index (χ2v) is 10.3. The summed E-state index contributed by atoms with van der Waals surface area (Å²) in [5.41, 5.74) is 5.93. The quantitative estimate of drug-likeness (QED) is 0.216. The molecular formula is C30H30N2OPt. The maximum absolute atomic E-state index is 6.27. The van der Waals surface area contributed by atoms with E-state index < -0.39 is 0 Å². The van der Waals surface area contributed by atoms with Gasteiger partial charge in [0.2, 0.25) is 0 Å². The predicted molar refractivity (Wildman–Crippen MR) is 134 cm³/mol. The van der Waals surface area contributed by atoms with E-state index in [1.807, 2.05) is 48.5 Å². The molecule has 4 aromatic rings. The molecule has 4 heteroatoms. The first-order valence-corrected chi connectivity index (χ1v) is 11.3. The van der Waals surface area contributed by atoms with Crippen molar-refractivity contribution in [1.29, 1.82) is 0 Å². The molecule has 0 aliphatic heterocycles.